The zero-order valence-electron chi connectivity index (χ0n) is 21.7. The molecule has 0 spiro atoms. The largest absolute Gasteiger partial charge is 0.373 e. The fourth-order valence-corrected chi connectivity index (χ4v) is 5.70. The van der Waals surface area contributed by atoms with Crippen LogP contribution in [0.1, 0.15) is 69.8 Å². The molecule has 3 aliphatic heterocycles. The number of amides is 1. The fraction of sp³-hybridized carbons (Fsp3) is 0.741. The maximum absolute atomic E-state index is 12.9. The third-order valence-electron chi connectivity index (χ3n) is 7.86. The lowest BCUT2D eigenvalue weighted by atomic mass is 10.0. The molecule has 0 atom stereocenters. The number of anilines is 2. The second-order valence-corrected chi connectivity index (χ2v) is 10.4. The van der Waals surface area contributed by atoms with Gasteiger partial charge in [0.2, 0.25) is 0 Å². The van der Waals surface area contributed by atoms with E-state index in [0.717, 1.165) is 51.4 Å². The van der Waals surface area contributed by atoms with Gasteiger partial charge < -0.3 is 25.3 Å². The molecule has 0 radical (unpaired) electrons. The molecule has 0 aromatic carbocycles. The average Bonchev–Trinajstić information content (AvgIpc) is 3.19. The Labute approximate surface area is 211 Å². The maximum atomic E-state index is 12.9. The monoisotopic (exact) mass is 483 g/mol. The second-order valence-electron chi connectivity index (χ2n) is 10.4. The van der Waals surface area contributed by atoms with E-state index in [1.54, 1.807) is 0 Å². The molecule has 4 heterocycles. The lowest BCUT2D eigenvalue weighted by Crippen LogP contribution is -2.47. The number of carbonyl (C=O) groups is 1. The Balaban J connectivity index is 1.23. The molecule has 1 aromatic rings. The lowest BCUT2D eigenvalue weighted by Gasteiger charge is -2.33. The smallest absolute Gasteiger partial charge is 0.270 e. The molecule has 3 aliphatic rings. The first-order chi connectivity index (χ1) is 17.1. The Morgan fingerprint density at radius 3 is 2.17 bits per heavy atom. The van der Waals surface area contributed by atoms with Gasteiger partial charge in [0.05, 0.1) is 0 Å². The standard InChI is InChI=1S/C27H45N7O/c1-29-26-23(10-11-24(31-26)34-18-7-2-3-8-19-34)25(28)27(35)30-22-12-20-33(21-13-22)17-9-16-32-14-5-4-6-15-32/h10-11,22,28H,2-9,12-21H2,1H3,(H,29,31)(H,30,35). The van der Waals surface area contributed by atoms with E-state index < -0.39 is 0 Å². The van der Waals surface area contributed by atoms with Crippen molar-refractivity contribution in [3.63, 3.8) is 0 Å². The summed E-state index contributed by atoms with van der Waals surface area (Å²) in [5.41, 5.74) is 0.562. The van der Waals surface area contributed by atoms with Crippen LogP contribution in [0.3, 0.4) is 0 Å². The first-order valence-corrected chi connectivity index (χ1v) is 13.9. The van der Waals surface area contributed by atoms with Crippen molar-refractivity contribution in [2.45, 2.75) is 70.3 Å². The molecule has 194 valence electrons. The fourth-order valence-electron chi connectivity index (χ4n) is 5.70. The van der Waals surface area contributed by atoms with Crippen molar-refractivity contribution >= 4 is 23.3 Å². The van der Waals surface area contributed by atoms with Gasteiger partial charge in [-0.1, -0.05) is 19.3 Å². The number of piperidine rings is 2. The number of carbonyl (C=O) groups excluding carboxylic acids is 1. The Kier molecular flexibility index (Phi) is 9.77. The van der Waals surface area contributed by atoms with E-state index in [0.29, 0.717) is 11.4 Å². The summed E-state index contributed by atoms with van der Waals surface area (Å²) in [6.07, 6.45) is 12.2. The minimum atomic E-state index is -0.297. The summed E-state index contributed by atoms with van der Waals surface area (Å²) in [7, 11) is 1.81. The van der Waals surface area contributed by atoms with Crippen molar-refractivity contribution in [1.82, 2.24) is 20.1 Å². The minimum absolute atomic E-state index is 0.00627. The highest BCUT2D eigenvalue weighted by atomic mass is 16.1. The van der Waals surface area contributed by atoms with Gasteiger partial charge in [0, 0.05) is 44.8 Å². The number of aromatic nitrogens is 1. The quantitative estimate of drug-likeness (QED) is 0.467. The highest BCUT2D eigenvalue weighted by Crippen LogP contribution is 2.23. The van der Waals surface area contributed by atoms with Crippen LogP contribution >= 0.6 is 0 Å². The van der Waals surface area contributed by atoms with E-state index in [1.165, 1.54) is 71.0 Å². The van der Waals surface area contributed by atoms with Crippen LogP contribution in [0.15, 0.2) is 12.1 Å². The number of nitrogens with one attached hydrogen (secondary N) is 3. The SMILES string of the molecule is CNc1nc(N2CCCCCC2)ccc1C(=N)C(=O)NC1CCN(CCCN2CCCCC2)CC1. The summed E-state index contributed by atoms with van der Waals surface area (Å²) >= 11 is 0. The summed E-state index contributed by atoms with van der Waals surface area (Å²) in [4.78, 5) is 25.1. The van der Waals surface area contributed by atoms with Gasteiger partial charge in [-0.25, -0.2) is 4.98 Å². The number of pyridine rings is 1. The topological polar surface area (TPSA) is 87.6 Å². The van der Waals surface area contributed by atoms with Gasteiger partial charge in [0.25, 0.3) is 5.91 Å². The summed E-state index contributed by atoms with van der Waals surface area (Å²) in [6.45, 7) is 8.98. The van der Waals surface area contributed by atoms with Crippen molar-refractivity contribution in [3.8, 4) is 0 Å². The van der Waals surface area contributed by atoms with Crippen molar-refractivity contribution in [2.24, 2.45) is 0 Å². The predicted molar refractivity (Wildman–Crippen MR) is 144 cm³/mol. The third-order valence-corrected chi connectivity index (χ3v) is 7.86. The molecule has 35 heavy (non-hydrogen) atoms. The Hall–Kier alpha value is -2.19. The van der Waals surface area contributed by atoms with E-state index in [4.69, 9.17) is 10.4 Å². The second kappa shape index (κ2) is 13.2. The Morgan fingerprint density at radius 1 is 0.914 bits per heavy atom. The average molecular weight is 484 g/mol. The third kappa shape index (κ3) is 7.40. The molecule has 0 aliphatic carbocycles. The van der Waals surface area contributed by atoms with Crippen LogP contribution < -0.4 is 15.5 Å². The van der Waals surface area contributed by atoms with Gasteiger partial charge in [0.15, 0.2) is 0 Å². The van der Waals surface area contributed by atoms with Crippen LogP contribution in [0.25, 0.3) is 0 Å². The number of hydrogen-bond donors (Lipinski definition) is 3. The molecular formula is C27H45N7O. The van der Waals surface area contributed by atoms with E-state index >= 15 is 0 Å². The molecule has 1 amide bonds. The first-order valence-electron chi connectivity index (χ1n) is 13.9. The minimum Gasteiger partial charge on any atom is -0.373 e. The lowest BCUT2D eigenvalue weighted by molar-refractivity contribution is -0.115. The first kappa shape index (κ1) is 25.9. The van der Waals surface area contributed by atoms with Gasteiger partial charge in [0.1, 0.15) is 17.3 Å². The van der Waals surface area contributed by atoms with Crippen molar-refractivity contribution in [1.29, 1.82) is 5.41 Å². The highest BCUT2D eigenvalue weighted by Gasteiger charge is 2.24. The molecular weight excluding hydrogens is 438 g/mol. The molecule has 3 N–H and O–H groups in total. The molecule has 0 saturated carbocycles. The molecule has 3 fully saturated rings. The van der Waals surface area contributed by atoms with E-state index in [2.05, 4.69) is 25.3 Å². The molecule has 8 nitrogen and oxygen atoms in total. The highest BCUT2D eigenvalue weighted by molar-refractivity contribution is 6.45. The zero-order chi connectivity index (χ0) is 24.5. The van der Waals surface area contributed by atoms with Crippen LogP contribution in [0.2, 0.25) is 0 Å². The van der Waals surface area contributed by atoms with E-state index in [1.807, 2.05) is 19.2 Å². The number of rotatable bonds is 9. The van der Waals surface area contributed by atoms with Crippen molar-refractivity contribution in [2.75, 3.05) is 69.6 Å². The molecule has 4 rings (SSSR count). The summed E-state index contributed by atoms with van der Waals surface area (Å²) in [5, 5.41) is 14.8. The summed E-state index contributed by atoms with van der Waals surface area (Å²) in [6, 6.07) is 3.99. The molecule has 0 unspecified atom stereocenters. The van der Waals surface area contributed by atoms with Gasteiger partial charge >= 0.3 is 0 Å². The zero-order valence-corrected chi connectivity index (χ0v) is 21.7. The van der Waals surface area contributed by atoms with Crippen LogP contribution in [-0.2, 0) is 4.79 Å². The van der Waals surface area contributed by atoms with Gasteiger partial charge in [-0.2, -0.15) is 0 Å². The Morgan fingerprint density at radius 2 is 1.51 bits per heavy atom. The van der Waals surface area contributed by atoms with Crippen LogP contribution in [-0.4, -0.2) is 91.9 Å². The van der Waals surface area contributed by atoms with Crippen LogP contribution in [0, 0.1) is 5.41 Å². The molecule has 8 heteroatoms. The van der Waals surface area contributed by atoms with Gasteiger partial charge in [-0.15, -0.1) is 0 Å². The molecule has 1 aromatic heterocycles. The Bertz CT molecular complexity index is 823. The predicted octanol–water partition coefficient (Wildman–Crippen LogP) is 3.33. The number of likely N-dealkylation sites (tertiary alicyclic amines) is 2. The van der Waals surface area contributed by atoms with Crippen LogP contribution in [0.4, 0.5) is 11.6 Å². The van der Waals surface area contributed by atoms with Crippen molar-refractivity contribution < 1.29 is 4.79 Å². The normalized spacial score (nSPS) is 20.9. The molecule has 0 bridgehead atoms. The van der Waals surface area contributed by atoms with Gasteiger partial charge in [-0.3, -0.25) is 10.2 Å². The van der Waals surface area contributed by atoms with Crippen molar-refractivity contribution in [3.05, 3.63) is 17.7 Å². The summed E-state index contributed by atoms with van der Waals surface area (Å²) < 4.78 is 0. The van der Waals surface area contributed by atoms with Crippen LogP contribution in [0.5, 0.6) is 0 Å². The summed E-state index contributed by atoms with van der Waals surface area (Å²) in [5.74, 6) is 1.24. The number of hydrogen-bond acceptors (Lipinski definition) is 7. The van der Waals surface area contributed by atoms with E-state index in [9.17, 15) is 4.79 Å². The molecule has 3 saturated heterocycles. The van der Waals surface area contributed by atoms with Gasteiger partial charge in [-0.05, 0) is 83.3 Å². The van der Waals surface area contributed by atoms with E-state index in [-0.39, 0.29) is 17.7 Å². The maximum Gasteiger partial charge on any atom is 0.270 e. The number of nitrogens with zero attached hydrogens (tertiary/aromatic N) is 4.